The van der Waals surface area contributed by atoms with Gasteiger partial charge < -0.3 is 30.1 Å². The standard InChI is InChI=1S/C30H37N3O6/c1-5-38-20-13-11-19(12-14-20)31-26(35)23-22-15-16-30(39-22)24(23)28(37)33(25(30)27(36)32-29(2,3)4)21(17-34)18-9-7-6-8-10-18/h6-14,21-25,34H,5,15-17H2,1-4H3,(H,31,35)(H,32,36)/t21-,22-,23+,24+,25?,30?/m1/s1. The molecule has 3 amide bonds. The van der Waals surface area contributed by atoms with Crippen LogP contribution in [0.4, 0.5) is 5.69 Å². The van der Waals surface area contributed by atoms with Gasteiger partial charge in [0.25, 0.3) is 0 Å². The monoisotopic (exact) mass is 535 g/mol. The quantitative estimate of drug-likeness (QED) is 0.478. The van der Waals surface area contributed by atoms with E-state index in [9.17, 15) is 19.5 Å². The highest BCUT2D eigenvalue weighted by Gasteiger charge is 2.75. The van der Waals surface area contributed by atoms with E-state index >= 15 is 0 Å². The first-order valence-electron chi connectivity index (χ1n) is 13.6. The maximum atomic E-state index is 14.3. The van der Waals surface area contributed by atoms with Crippen molar-refractivity contribution in [2.45, 2.75) is 69.9 Å². The number of rotatable bonds is 8. The lowest BCUT2D eigenvalue weighted by Crippen LogP contribution is -2.59. The van der Waals surface area contributed by atoms with Gasteiger partial charge >= 0.3 is 0 Å². The Kier molecular flexibility index (Phi) is 7.15. The van der Waals surface area contributed by atoms with E-state index in [1.165, 1.54) is 4.90 Å². The molecule has 3 aliphatic heterocycles. The summed E-state index contributed by atoms with van der Waals surface area (Å²) in [5, 5.41) is 16.5. The van der Waals surface area contributed by atoms with Crippen molar-refractivity contribution in [1.82, 2.24) is 10.2 Å². The number of carbonyl (C=O) groups excluding carboxylic acids is 3. The Morgan fingerprint density at radius 3 is 2.44 bits per heavy atom. The number of amides is 3. The summed E-state index contributed by atoms with van der Waals surface area (Å²) >= 11 is 0. The first kappa shape index (κ1) is 27.1. The molecule has 2 unspecified atom stereocenters. The molecule has 3 heterocycles. The Labute approximate surface area is 228 Å². The Bertz CT molecular complexity index is 1230. The number of nitrogens with one attached hydrogen (secondary N) is 2. The van der Waals surface area contributed by atoms with Crippen molar-refractivity contribution >= 4 is 23.4 Å². The Morgan fingerprint density at radius 2 is 1.82 bits per heavy atom. The van der Waals surface area contributed by atoms with Crippen LogP contribution >= 0.6 is 0 Å². The molecule has 0 aliphatic carbocycles. The molecule has 0 saturated carbocycles. The van der Waals surface area contributed by atoms with Gasteiger partial charge in [0.1, 0.15) is 17.4 Å². The van der Waals surface area contributed by atoms with Gasteiger partial charge in [-0.05, 0) is 70.4 Å². The molecular weight excluding hydrogens is 498 g/mol. The number of benzene rings is 2. The van der Waals surface area contributed by atoms with Crippen molar-refractivity contribution < 1.29 is 29.0 Å². The average molecular weight is 536 g/mol. The van der Waals surface area contributed by atoms with Crippen molar-refractivity contribution in [3.05, 3.63) is 60.2 Å². The third-order valence-corrected chi connectivity index (χ3v) is 7.91. The van der Waals surface area contributed by atoms with Crippen LogP contribution in [0.15, 0.2) is 54.6 Å². The van der Waals surface area contributed by atoms with E-state index in [0.717, 1.165) is 0 Å². The summed E-state index contributed by atoms with van der Waals surface area (Å²) in [4.78, 5) is 43.3. The molecule has 6 atom stereocenters. The lowest BCUT2D eigenvalue weighted by Gasteiger charge is -2.38. The minimum absolute atomic E-state index is 0.318. The summed E-state index contributed by atoms with van der Waals surface area (Å²) in [7, 11) is 0. The van der Waals surface area contributed by atoms with Crippen molar-refractivity contribution in [3.8, 4) is 5.75 Å². The number of aliphatic hydroxyl groups excluding tert-OH is 1. The minimum atomic E-state index is -1.15. The number of ether oxygens (including phenoxy) is 2. The molecule has 3 N–H and O–H groups in total. The van der Waals surface area contributed by atoms with E-state index in [1.54, 1.807) is 24.3 Å². The second kappa shape index (κ2) is 10.3. The molecule has 3 aliphatic rings. The van der Waals surface area contributed by atoms with Crippen LogP contribution in [0.5, 0.6) is 5.75 Å². The Hall–Kier alpha value is -3.43. The third-order valence-electron chi connectivity index (χ3n) is 7.91. The molecule has 9 nitrogen and oxygen atoms in total. The number of fused-ring (bicyclic) bond motifs is 1. The number of carbonyl (C=O) groups is 3. The second-order valence-corrected chi connectivity index (χ2v) is 11.6. The Balaban J connectivity index is 1.50. The molecule has 3 saturated heterocycles. The van der Waals surface area contributed by atoms with E-state index in [2.05, 4.69) is 10.6 Å². The van der Waals surface area contributed by atoms with Crippen LogP contribution in [0.1, 0.15) is 52.1 Å². The molecule has 39 heavy (non-hydrogen) atoms. The number of nitrogens with zero attached hydrogens (tertiary/aromatic N) is 1. The fourth-order valence-corrected chi connectivity index (χ4v) is 6.52. The van der Waals surface area contributed by atoms with Gasteiger partial charge in [0.15, 0.2) is 0 Å². The highest BCUT2D eigenvalue weighted by atomic mass is 16.5. The average Bonchev–Trinajstić information content (AvgIpc) is 3.53. The van der Waals surface area contributed by atoms with Gasteiger partial charge in [-0.3, -0.25) is 14.4 Å². The third kappa shape index (κ3) is 4.78. The Morgan fingerprint density at radius 1 is 1.13 bits per heavy atom. The van der Waals surface area contributed by atoms with Gasteiger partial charge in [0, 0.05) is 11.2 Å². The van der Waals surface area contributed by atoms with Gasteiger partial charge in [-0.1, -0.05) is 30.3 Å². The first-order valence-corrected chi connectivity index (χ1v) is 13.6. The summed E-state index contributed by atoms with van der Waals surface area (Å²) in [6.45, 7) is 7.70. The lowest BCUT2D eigenvalue weighted by molar-refractivity contribution is -0.146. The van der Waals surface area contributed by atoms with Gasteiger partial charge in [-0.15, -0.1) is 0 Å². The lowest BCUT2D eigenvalue weighted by atomic mass is 9.70. The number of likely N-dealkylation sites (tertiary alicyclic amines) is 1. The van der Waals surface area contributed by atoms with E-state index in [4.69, 9.17) is 9.47 Å². The number of anilines is 1. The van der Waals surface area contributed by atoms with Gasteiger partial charge in [-0.25, -0.2) is 0 Å². The highest BCUT2D eigenvalue weighted by Crippen LogP contribution is 2.59. The van der Waals surface area contributed by atoms with Crippen LogP contribution in [0.3, 0.4) is 0 Å². The van der Waals surface area contributed by atoms with Crippen LogP contribution in [0.2, 0.25) is 0 Å². The van der Waals surface area contributed by atoms with E-state index in [-0.39, 0.29) is 24.3 Å². The van der Waals surface area contributed by atoms with Crippen molar-refractivity contribution in [2.75, 3.05) is 18.5 Å². The van der Waals surface area contributed by atoms with Crippen LogP contribution in [0.25, 0.3) is 0 Å². The van der Waals surface area contributed by atoms with Crippen molar-refractivity contribution in [3.63, 3.8) is 0 Å². The number of hydrogen-bond acceptors (Lipinski definition) is 6. The van der Waals surface area contributed by atoms with Gasteiger partial charge in [-0.2, -0.15) is 0 Å². The topological polar surface area (TPSA) is 117 Å². The molecule has 5 rings (SSSR count). The van der Waals surface area contributed by atoms with E-state index in [1.807, 2.05) is 58.0 Å². The zero-order chi connectivity index (χ0) is 27.9. The predicted octanol–water partition coefficient (Wildman–Crippen LogP) is 3.05. The second-order valence-electron chi connectivity index (χ2n) is 11.6. The molecule has 0 aromatic heterocycles. The van der Waals surface area contributed by atoms with Crippen LogP contribution in [-0.4, -0.2) is 64.2 Å². The number of hydrogen-bond donors (Lipinski definition) is 3. The zero-order valence-electron chi connectivity index (χ0n) is 22.8. The molecule has 2 bridgehead atoms. The summed E-state index contributed by atoms with van der Waals surface area (Å²) in [6, 6.07) is 14.5. The molecule has 0 radical (unpaired) electrons. The summed E-state index contributed by atoms with van der Waals surface area (Å²) in [5.74, 6) is -1.92. The van der Waals surface area contributed by atoms with Crippen molar-refractivity contribution in [2.24, 2.45) is 11.8 Å². The molecule has 2 aromatic rings. The summed E-state index contributed by atoms with van der Waals surface area (Å²) < 4.78 is 12.0. The normalized spacial score (nSPS) is 28.2. The molecule has 3 fully saturated rings. The largest absolute Gasteiger partial charge is 0.494 e. The van der Waals surface area contributed by atoms with Crippen LogP contribution < -0.4 is 15.4 Å². The molecule has 2 aromatic carbocycles. The predicted molar refractivity (Wildman–Crippen MR) is 145 cm³/mol. The first-order chi connectivity index (χ1) is 18.6. The van der Waals surface area contributed by atoms with Gasteiger partial charge in [0.05, 0.1) is 37.2 Å². The molecule has 1 spiro atoms. The zero-order valence-corrected chi connectivity index (χ0v) is 22.8. The highest BCUT2D eigenvalue weighted by molar-refractivity contribution is 6.02. The van der Waals surface area contributed by atoms with Crippen LogP contribution in [-0.2, 0) is 19.1 Å². The fraction of sp³-hybridized carbons (Fsp3) is 0.500. The minimum Gasteiger partial charge on any atom is -0.494 e. The molecule has 208 valence electrons. The molecule has 9 heteroatoms. The van der Waals surface area contributed by atoms with E-state index < -0.39 is 41.2 Å². The smallest absolute Gasteiger partial charge is 0.246 e. The summed E-state index contributed by atoms with van der Waals surface area (Å²) in [5.41, 5.74) is -0.409. The molecular formula is C30H37N3O6. The maximum Gasteiger partial charge on any atom is 0.246 e. The van der Waals surface area contributed by atoms with Crippen LogP contribution in [0, 0.1) is 11.8 Å². The number of aliphatic hydroxyl groups is 1. The maximum absolute atomic E-state index is 14.3. The summed E-state index contributed by atoms with van der Waals surface area (Å²) in [6.07, 6.45) is 0.568. The van der Waals surface area contributed by atoms with E-state index in [0.29, 0.717) is 36.4 Å². The van der Waals surface area contributed by atoms with Crippen molar-refractivity contribution in [1.29, 1.82) is 0 Å². The fourth-order valence-electron chi connectivity index (χ4n) is 6.52. The SMILES string of the molecule is CCOc1ccc(NC(=O)[C@@H]2[C@H]3C(=O)N([C@H](CO)c4ccccc4)C(C(=O)NC(C)(C)C)C34CC[C@H]2O4)cc1. The van der Waals surface area contributed by atoms with Gasteiger partial charge in [0.2, 0.25) is 17.7 Å².